The van der Waals surface area contributed by atoms with Gasteiger partial charge in [0.2, 0.25) is 0 Å². The molecular formula is C76H142O6. The van der Waals surface area contributed by atoms with Crippen molar-refractivity contribution in [1.82, 2.24) is 0 Å². The molecule has 0 heterocycles. The van der Waals surface area contributed by atoms with Crippen LogP contribution in [0, 0.1) is 0 Å². The highest BCUT2D eigenvalue weighted by molar-refractivity contribution is 5.71. The number of rotatable bonds is 69. The maximum atomic E-state index is 13.0. The number of esters is 3. The van der Waals surface area contributed by atoms with Crippen LogP contribution in [0.4, 0.5) is 0 Å². The Hall–Kier alpha value is -2.37. The summed E-state index contributed by atoms with van der Waals surface area (Å²) in [5.74, 6) is -0.850. The van der Waals surface area contributed by atoms with Gasteiger partial charge in [-0.2, -0.15) is 0 Å². The van der Waals surface area contributed by atoms with Crippen LogP contribution >= 0.6 is 0 Å². The monoisotopic (exact) mass is 1150 g/mol. The van der Waals surface area contributed by atoms with E-state index in [0.29, 0.717) is 19.3 Å². The van der Waals surface area contributed by atoms with Crippen LogP contribution in [0.5, 0.6) is 0 Å². The van der Waals surface area contributed by atoms with Gasteiger partial charge in [-0.15, -0.1) is 0 Å². The molecule has 82 heavy (non-hydrogen) atoms. The second-order valence-electron chi connectivity index (χ2n) is 25.2. The summed E-state index contributed by atoms with van der Waals surface area (Å²) in [6.07, 6.45) is 89.1. The third-order valence-electron chi connectivity index (χ3n) is 16.9. The fraction of sp³-hybridized carbons (Fsp3) is 0.882. The lowest BCUT2D eigenvalue weighted by Gasteiger charge is -2.18. The molecule has 0 amide bonds. The zero-order valence-electron chi connectivity index (χ0n) is 55.5. The highest BCUT2D eigenvalue weighted by Crippen LogP contribution is 2.19. The Kier molecular flexibility index (Phi) is 69.1. The van der Waals surface area contributed by atoms with Crippen molar-refractivity contribution >= 4 is 17.9 Å². The highest BCUT2D eigenvalue weighted by atomic mass is 16.6. The molecule has 6 heteroatoms. The topological polar surface area (TPSA) is 78.9 Å². The Morgan fingerprint density at radius 2 is 0.451 bits per heavy atom. The quantitative estimate of drug-likeness (QED) is 0.0261. The molecule has 0 aromatic heterocycles. The first-order valence-corrected chi connectivity index (χ1v) is 37.0. The summed E-state index contributed by atoms with van der Waals surface area (Å²) in [5, 5.41) is 0. The summed E-state index contributed by atoms with van der Waals surface area (Å²) in [6.45, 7) is 6.66. The summed E-state index contributed by atoms with van der Waals surface area (Å²) in [5.41, 5.74) is 0. The van der Waals surface area contributed by atoms with Crippen molar-refractivity contribution in [1.29, 1.82) is 0 Å². The van der Waals surface area contributed by atoms with Crippen molar-refractivity contribution in [3.63, 3.8) is 0 Å². The van der Waals surface area contributed by atoms with Gasteiger partial charge < -0.3 is 14.2 Å². The molecule has 1 atom stereocenters. The van der Waals surface area contributed by atoms with Gasteiger partial charge in [-0.05, 0) is 70.6 Å². The molecular weight excluding hydrogens is 1010 g/mol. The predicted octanol–water partition coefficient (Wildman–Crippen LogP) is 25.5. The fourth-order valence-electron chi connectivity index (χ4n) is 11.3. The van der Waals surface area contributed by atoms with E-state index in [-0.39, 0.29) is 31.1 Å². The smallest absolute Gasteiger partial charge is 0.306 e. The molecule has 0 saturated heterocycles. The lowest BCUT2D eigenvalue weighted by Crippen LogP contribution is -2.30. The van der Waals surface area contributed by atoms with E-state index in [9.17, 15) is 14.4 Å². The maximum absolute atomic E-state index is 13.0. The van der Waals surface area contributed by atoms with Crippen LogP contribution in [0.3, 0.4) is 0 Å². The number of hydrogen-bond donors (Lipinski definition) is 0. The third-order valence-corrected chi connectivity index (χ3v) is 16.9. The van der Waals surface area contributed by atoms with Crippen molar-refractivity contribution in [3.05, 3.63) is 36.5 Å². The van der Waals surface area contributed by atoms with E-state index in [1.165, 1.54) is 302 Å². The van der Waals surface area contributed by atoms with Crippen molar-refractivity contribution in [2.24, 2.45) is 0 Å². The average Bonchev–Trinajstić information content (AvgIpc) is 3.47. The average molecular weight is 1150 g/mol. The van der Waals surface area contributed by atoms with Crippen LogP contribution in [-0.4, -0.2) is 37.2 Å². The van der Waals surface area contributed by atoms with Crippen LogP contribution in [0.15, 0.2) is 36.5 Å². The molecule has 0 spiro atoms. The maximum Gasteiger partial charge on any atom is 0.306 e. The lowest BCUT2D eigenvalue weighted by atomic mass is 10.0. The number of hydrogen-bond acceptors (Lipinski definition) is 6. The zero-order valence-corrected chi connectivity index (χ0v) is 55.5. The first-order valence-electron chi connectivity index (χ1n) is 37.0. The van der Waals surface area contributed by atoms with E-state index in [0.717, 1.165) is 70.6 Å². The van der Waals surface area contributed by atoms with Crippen LogP contribution < -0.4 is 0 Å². The van der Waals surface area contributed by atoms with Gasteiger partial charge in [0.1, 0.15) is 13.2 Å². The van der Waals surface area contributed by atoms with Crippen LogP contribution in [0.25, 0.3) is 0 Å². The molecule has 0 aliphatic carbocycles. The Balaban J connectivity index is 4.14. The van der Waals surface area contributed by atoms with E-state index in [1.54, 1.807) is 0 Å². The van der Waals surface area contributed by atoms with Gasteiger partial charge in [0.05, 0.1) is 0 Å². The molecule has 1 unspecified atom stereocenters. The molecule has 0 radical (unpaired) electrons. The molecule has 0 fully saturated rings. The summed E-state index contributed by atoms with van der Waals surface area (Å²) in [6, 6.07) is 0. The molecule has 0 rings (SSSR count). The summed E-state index contributed by atoms with van der Waals surface area (Å²) in [4.78, 5) is 38.4. The van der Waals surface area contributed by atoms with E-state index in [4.69, 9.17) is 14.2 Å². The predicted molar refractivity (Wildman–Crippen MR) is 358 cm³/mol. The number of ether oxygens (including phenoxy) is 3. The first kappa shape index (κ1) is 79.6. The Morgan fingerprint density at radius 1 is 0.244 bits per heavy atom. The van der Waals surface area contributed by atoms with Crippen molar-refractivity contribution in [3.8, 4) is 0 Å². The molecule has 0 saturated carbocycles. The number of carbonyl (C=O) groups excluding carboxylic acids is 3. The van der Waals surface area contributed by atoms with Crippen molar-refractivity contribution in [2.75, 3.05) is 13.2 Å². The van der Waals surface area contributed by atoms with Gasteiger partial charge in [-0.25, -0.2) is 0 Å². The second-order valence-corrected chi connectivity index (χ2v) is 25.2. The Bertz CT molecular complexity index is 1370. The molecule has 0 aliphatic heterocycles. The van der Waals surface area contributed by atoms with Gasteiger partial charge in [0.25, 0.3) is 0 Å². The minimum atomic E-state index is -0.773. The number of allylic oxidation sites excluding steroid dienone is 6. The first-order chi connectivity index (χ1) is 40.5. The van der Waals surface area contributed by atoms with E-state index >= 15 is 0 Å². The van der Waals surface area contributed by atoms with E-state index in [1.807, 2.05) is 0 Å². The molecule has 0 aromatic rings. The largest absolute Gasteiger partial charge is 0.462 e. The van der Waals surface area contributed by atoms with Crippen LogP contribution in [0.2, 0.25) is 0 Å². The van der Waals surface area contributed by atoms with E-state index < -0.39 is 6.10 Å². The number of carbonyl (C=O) groups is 3. The molecule has 0 aliphatic rings. The molecule has 0 N–H and O–H groups in total. The SMILES string of the molecule is CCCC/C=C\CCCCCCCC(=O)OCC(COC(=O)CCCCCCCCCCCCCCCCC/C=C\C/C=C\CCCCCCC)OC(=O)CCCCCCCCCCCCCCCCCCCCCCCCCCCC. The fourth-order valence-corrected chi connectivity index (χ4v) is 11.3. The summed E-state index contributed by atoms with van der Waals surface area (Å²) < 4.78 is 17.0. The zero-order chi connectivity index (χ0) is 59.2. The molecule has 0 bridgehead atoms. The Labute approximate surface area is 512 Å². The van der Waals surface area contributed by atoms with Gasteiger partial charge in [0.15, 0.2) is 6.10 Å². The van der Waals surface area contributed by atoms with Crippen LogP contribution in [0.1, 0.15) is 412 Å². The number of unbranched alkanes of at least 4 members (excludes halogenated alkanes) is 52. The van der Waals surface area contributed by atoms with Crippen molar-refractivity contribution < 1.29 is 28.6 Å². The normalized spacial score (nSPS) is 12.2. The van der Waals surface area contributed by atoms with Gasteiger partial charge in [-0.3, -0.25) is 14.4 Å². The minimum absolute atomic E-state index is 0.0695. The van der Waals surface area contributed by atoms with E-state index in [2.05, 4.69) is 57.2 Å². The third kappa shape index (κ3) is 68.4. The highest BCUT2D eigenvalue weighted by Gasteiger charge is 2.19. The standard InChI is InChI=1S/C76H142O6/c1-4-7-10-13-16-19-22-24-26-28-30-32-34-36-38-40-41-43-45-47-49-51-54-57-60-63-66-69-75(78)81-72-73(71-80-74(77)68-65-62-59-56-53-21-18-15-12-9-6-3)82-76(79)70-67-64-61-58-55-52-50-48-46-44-42-39-37-35-33-31-29-27-25-23-20-17-14-11-8-5-2/h15,18,22,24,28,30,73H,4-14,16-17,19-21,23,25-27,29,31-72H2,1-3H3/b18-15-,24-22-,30-28-. The van der Waals surface area contributed by atoms with Gasteiger partial charge in [0, 0.05) is 19.3 Å². The second kappa shape index (κ2) is 71.1. The lowest BCUT2D eigenvalue weighted by molar-refractivity contribution is -0.167. The van der Waals surface area contributed by atoms with Crippen LogP contribution in [-0.2, 0) is 28.6 Å². The molecule has 482 valence electrons. The summed E-state index contributed by atoms with van der Waals surface area (Å²) in [7, 11) is 0. The minimum Gasteiger partial charge on any atom is -0.462 e. The van der Waals surface area contributed by atoms with Gasteiger partial charge >= 0.3 is 17.9 Å². The molecule has 6 nitrogen and oxygen atoms in total. The summed E-state index contributed by atoms with van der Waals surface area (Å²) >= 11 is 0. The van der Waals surface area contributed by atoms with Crippen molar-refractivity contribution in [2.45, 2.75) is 419 Å². The van der Waals surface area contributed by atoms with Gasteiger partial charge in [-0.1, -0.05) is 359 Å². The Morgan fingerprint density at radius 3 is 0.720 bits per heavy atom. The molecule has 0 aromatic carbocycles.